The first-order chi connectivity index (χ1) is 9.39. The van der Waals surface area contributed by atoms with E-state index in [4.69, 9.17) is 16.3 Å². The number of unbranched alkanes of at least 4 members (excludes halogenated alkanes) is 2. The minimum atomic E-state index is -4.87. The summed E-state index contributed by atoms with van der Waals surface area (Å²) in [6.07, 6.45) is -3.44. The summed E-state index contributed by atoms with van der Waals surface area (Å²) in [6, 6.07) is 6.85. The lowest BCUT2D eigenvalue weighted by Crippen LogP contribution is -2.20. The molecule has 0 spiro atoms. The van der Waals surface area contributed by atoms with Crippen LogP contribution in [0.3, 0.4) is 0 Å². The molecule has 0 aliphatic rings. The van der Waals surface area contributed by atoms with Crippen LogP contribution in [-0.4, -0.2) is 18.6 Å². The van der Waals surface area contributed by atoms with Crippen molar-refractivity contribution in [2.24, 2.45) is 0 Å². The number of benzene rings is 1. The molecule has 0 bridgehead atoms. The van der Waals surface area contributed by atoms with Crippen LogP contribution in [-0.2, 0) is 4.79 Å². The maximum absolute atomic E-state index is 11.8. The fraction of sp³-hybridized carbons (Fsp3) is 0.357. The molecule has 0 N–H and O–H groups in total. The molecular weight excluding hydrogens is 293 g/mol. The number of Topliss-reactive ketones (excluding diaryl/α,β-unsaturated/α-hetero) is 1. The molecule has 108 valence electrons. The molecule has 1 rings (SSSR count). The third kappa shape index (κ3) is 6.48. The molecule has 0 radical (unpaired) electrons. The minimum Gasteiger partial charge on any atom is -0.494 e. The molecule has 0 saturated heterocycles. The van der Waals surface area contributed by atoms with Gasteiger partial charge in [0.25, 0.3) is 0 Å². The molecule has 0 fully saturated rings. The standard InChI is InChI=1S/C14H12ClF3O2/c15-11-6-8-12(9-7-11)20-10-4-2-1-3-5-13(19)14(16,17)18/h6-9H,1-2,4,10H2. The van der Waals surface area contributed by atoms with Gasteiger partial charge in [0.2, 0.25) is 0 Å². The monoisotopic (exact) mass is 304 g/mol. The molecule has 0 saturated carbocycles. The molecule has 1 aromatic carbocycles. The van der Waals surface area contributed by atoms with Crippen molar-refractivity contribution < 1.29 is 22.7 Å². The molecule has 2 nitrogen and oxygen atoms in total. The number of alkyl halides is 3. The number of halogens is 4. The maximum Gasteiger partial charge on any atom is 0.462 e. The van der Waals surface area contributed by atoms with E-state index in [1.165, 1.54) is 0 Å². The van der Waals surface area contributed by atoms with Crippen molar-refractivity contribution in [3.05, 3.63) is 29.3 Å². The molecule has 0 amide bonds. The fourth-order valence-electron chi connectivity index (χ4n) is 1.25. The Morgan fingerprint density at radius 2 is 1.85 bits per heavy atom. The average molecular weight is 305 g/mol. The van der Waals surface area contributed by atoms with Crippen molar-refractivity contribution in [3.63, 3.8) is 0 Å². The Labute approximate surface area is 119 Å². The summed E-state index contributed by atoms with van der Waals surface area (Å²) in [5, 5.41) is 0.613. The lowest BCUT2D eigenvalue weighted by Gasteiger charge is -2.04. The van der Waals surface area contributed by atoms with Gasteiger partial charge in [-0.3, -0.25) is 4.79 Å². The van der Waals surface area contributed by atoms with Gasteiger partial charge in [0.05, 0.1) is 6.61 Å². The summed E-state index contributed by atoms with van der Waals surface area (Å²) in [4.78, 5) is 10.4. The molecule has 0 unspecified atom stereocenters. The van der Waals surface area contributed by atoms with Crippen LogP contribution < -0.4 is 4.74 Å². The van der Waals surface area contributed by atoms with Crippen molar-refractivity contribution in [1.29, 1.82) is 0 Å². The number of carbonyl (C=O) groups excluding carboxylic acids is 1. The Kier molecular flexibility index (Phi) is 6.40. The van der Waals surface area contributed by atoms with E-state index in [0.717, 1.165) is 0 Å². The molecule has 0 heterocycles. The van der Waals surface area contributed by atoms with Gasteiger partial charge in [0.15, 0.2) is 0 Å². The normalized spacial score (nSPS) is 10.6. The molecular formula is C14H12ClF3O2. The summed E-state index contributed by atoms with van der Waals surface area (Å²) in [5.41, 5.74) is 0. The van der Waals surface area contributed by atoms with Crippen molar-refractivity contribution in [2.75, 3.05) is 6.61 Å². The zero-order valence-electron chi connectivity index (χ0n) is 10.5. The van der Waals surface area contributed by atoms with Crippen LogP contribution in [0.15, 0.2) is 24.3 Å². The lowest BCUT2D eigenvalue weighted by molar-refractivity contribution is -0.164. The van der Waals surface area contributed by atoms with Crippen molar-refractivity contribution in [1.82, 2.24) is 0 Å². The second-order valence-electron chi connectivity index (χ2n) is 3.89. The van der Waals surface area contributed by atoms with E-state index >= 15 is 0 Å². The smallest absolute Gasteiger partial charge is 0.462 e. The second-order valence-corrected chi connectivity index (χ2v) is 4.32. The molecule has 6 heteroatoms. The second kappa shape index (κ2) is 7.81. The predicted octanol–water partition coefficient (Wildman–Crippen LogP) is 4.02. The van der Waals surface area contributed by atoms with E-state index < -0.39 is 12.0 Å². The summed E-state index contributed by atoms with van der Waals surface area (Å²) in [7, 11) is 0. The van der Waals surface area contributed by atoms with E-state index in [9.17, 15) is 18.0 Å². The highest BCUT2D eigenvalue weighted by Gasteiger charge is 2.36. The first kappa shape index (κ1) is 16.4. The zero-order valence-corrected chi connectivity index (χ0v) is 11.2. The maximum atomic E-state index is 11.8. The van der Waals surface area contributed by atoms with Gasteiger partial charge >= 0.3 is 12.0 Å². The quantitative estimate of drug-likeness (QED) is 0.466. The van der Waals surface area contributed by atoms with E-state index in [-0.39, 0.29) is 6.42 Å². The largest absolute Gasteiger partial charge is 0.494 e. The molecule has 0 atom stereocenters. The van der Waals surface area contributed by atoms with Gasteiger partial charge in [-0.1, -0.05) is 17.5 Å². The topological polar surface area (TPSA) is 26.3 Å². The SMILES string of the molecule is O=C(C#CCCCCOc1ccc(Cl)cc1)C(F)(F)F. The van der Waals surface area contributed by atoms with Gasteiger partial charge in [-0.15, -0.1) is 0 Å². The van der Waals surface area contributed by atoms with Crippen molar-refractivity contribution in [3.8, 4) is 17.6 Å². The Morgan fingerprint density at radius 3 is 2.45 bits per heavy atom. The molecule has 0 aliphatic heterocycles. The van der Waals surface area contributed by atoms with Gasteiger partial charge in [-0.2, -0.15) is 13.2 Å². The van der Waals surface area contributed by atoms with E-state index in [1.54, 1.807) is 30.2 Å². The van der Waals surface area contributed by atoms with Crippen LogP contribution in [0, 0.1) is 11.8 Å². The number of rotatable bonds is 5. The van der Waals surface area contributed by atoms with Gasteiger partial charge in [-0.05, 0) is 43.0 Å². The van der Waals surface area contributed by atoms with Gasteiger partial charge in [0.1, 0.15) is 5.75 Å². The first-order valence-electron chi connectivity index (χ1n) is 5.88. The Bertz CT molecular complexity index is 498. The highest BCUT2D eigenvalue weighted by molar-refractivity contribution is 6.30. The summed E-state index contributed by atoms with van der Waals surface area (Å²) in [5.74, 6) is 2.44. The molecule has 20 heavy (non-hydrogen) atoms. The number of ketones is 1. The van der Waals surface area contributed by atoms with Crippen LogP contribution in [0.2, 0.25) is 5.02 Å². The Morgan fingerprint density at radius 1 is 1.20 bits per heavy atom. The van der Waals surface area contributed by atoms with Crippen LogP contribution in [0.1, 0.15) is 19.3 Å². The van der Waals surface area contributed by atoms with Crippen molar-refractivity contribution in [2.45, 2.75) is 25.4 Å². The van der Waals surface area contributed by atoms with E-state index in [0.29, 0.717) is 30.2 Å². The van der Waals surface area contributed by atoms with E-state index in [1.807, 2.05) is 0 Å². The summed E-state index contributed by atoms with van der Waals surface area (Å²) < 4.78 is 40.8. The number of carbonyl (C=O) groups is 1. The number of hydrogen-bond acceptors (Lipinski definition) is 2. The number of hydrogen-bond donors (Lipinski definition) is 0. The zero-order chi connectivity index (χ0) is 15.0. The summed E-state index contributed by atoms with van der Waals surface area (Å²) in [6.45, 7) is 0.427. The third-order valence-corrected chi connectivity index (χ3v) is 2.49. The van der Waals surface area contributed by atoms with Crippen molar-refractivity contribution >= 4 is 17.4 Å². The first-order valence-corrected chi connectivity index (χ1v) is 6.26. The lowest BCUT2D eigenvalue weighted by atomic mass is 10.2. The highest BCUT2D eigenvalue weighted by Crippen LogP contribution is 2.16. The van der Waals surface area contributed by atoms with E-state index in [2.05, 4.69) is 5.92 Å². The molecule has 0 aromatic heterocycles. The Balaban J connectivity index is 2.16. The minimum absolute atomic E-state index is 0.228. The fourth-order valence-corrected chi connectivity index (χ4v) is 1.38. The van der Waals surface area contributed by atoms with Gasteiger partial charge < -0.3 is 4.74 Å². The van der Waals surface area contributed by atoms with Gasteiger partial charge in [-0.25, -0.2) is 0 Å². The van der Waals surface area contributed by atoms with Crippen LogP contribution in [0.5, 0.6) is 5.75 Å². The number of ether oxygens (including phenoxy) is 1. The van der Waals surface area contributed by atoms with Crippen LogP contribution >= 0.6 is 11.6 Å². The average Bonchev–Trinajstić information content (AvgIpc) is 2.38. The highest BCUT2D eigenvalue weighted by atomic mass is 35.5. The van der Waals surface area contributed by atoms with Gasteiger partial charge in [0, 0.05) is 11.4 Å². The molecule has 1 aromatic rings. The Hall–Kier alpha value is -1.67. The summed E-state index contributed by atoms with van der Waals surface area (Å²) >= 11 is 5.71. The third-order valence-electron chi connectivity index (χ3n) is 2.24. The molecule has 0 aliphatic carbocycles. The van der Waals surface area contributed by atoms with Crippen LogP contribution in [0.25, 0.3) is 0 Å². The predicted molar refractivity (Wildman–Crippen MR) is 69.6 cm³/mol. The van der Waals surface area contributed by atoms with Crippen LogP contribution in [0.4, 0.5) is 13.2 Å².